The summed E-state index contributed by atoms with van der Waals surface area (Å²) in [7, 11) is 0. The maximum Gasteiger partial charge on any atom is 0.387 e. The first-order valence-electron chi connectivity index (χ1n) is 6.70. The predicted octanol–water partition coefficient (Wildman–Crippen LogP) is 3.15. The molecule has 1 aromatic rings. The molecule has 0 atom stereocenters. The average Bonchev–Trinajstić information content (AvgIpc) is 2.40. The lowest BCUT2D eigenvalue weighted by Gasteiger charge is -2.11. The van der Waals surface area contributed by atoms with Crippen LogP contribution in [0.3, 0.4) is 0 Å². The van der Waals surface area contributed by atoms with Crippen LogP contribution < -0.4 is 15.8 Å². The molecular weight excluding hydrogens is 391 g/mol. The molecule has 0 unspecified atom stereocenters. The van der Waals surface area contributed by atoms with Crippen molar-refractivity contribution in [1.82, 2.24) is 5.32 Å². The van der Waals surface area contributed by atoms with Crippen LogP contribution in [0.1, 0.15) is 25.3 Å². The van der Waals surface area contributed by atoms with E-state index in [0.29, 0.717) is 31.0 Å². The van der Waals surface area contributed by atoms with Crippen molar-refractivity contribution in [3.63, 3.8) is 0 Å². The Balaban J connectivity index is 0.00000400. The molecule has 21 heavy (non-hydrogen) atoms. The van der Waals surface area contributed by atoms with E-state index < -0.39 is 6.61 Å². The van der Waals surface area contributed by atoms with E-state index in [4.69, 9.17) is 5.73 Å². The van der Waals surface area contributed by atoms with E-state index in [1.165, 1.54) is 6.07 Å². The molecule has 1 rings (SSSR count). The van der Waals surface area contributed by atoms with Gasteiger partial charge in [0, 0.05) is 13.1 Å². The Kier molecular flexibility index (Phi) is 10.9. The highest BCUT2D eigenvalue weighted by atomic mass is 127. The zero-order chi connectivity index (χ0) is 14.8. The molecule has 1 aromatic carbocycles. The summed E-state index contributed by atoms with van der Waals surface area (Å²) in [5, 5.41) is 2.96. The van der Waals surface area contributed by atoms with Gasteiger partial charge in [-0.2, -0.15) is 8.78 Å². The van der Waals surface area contributed by atoms with Crippen molar-refractivity contribution in [2.75, 3.05) is 13.1 Å². The van der Waals surface area contributed by atoms with Gasteiger partial charge in [0.05, 0.1) is 0 Å². The molecule has 120 valence electrons. The van der Waals surface area contributed by atoms with Crippen LogP contribution in [0, 0.1) is 0 Å². The third kappa shape index (κ3) is 8.69. The van der Waals surface area contributed by atoms with Crippen LogP contribution in [0.2, 0.25) is 0 Å². The van der Waals surface area contributed by atoms with Gasteiger partial charge in [-0.25, -0.2) is 0 Å². The molecular formula is C14H22F2IN3O. The van der Waals surface area contributed by atoms with Crippen molar-refractivity contribution < 1.29 is 13.5 Å². The summed E-state index contributed by atoms with van der Waals surface area (Å²) in [4.78, 5) is 4.15. The van der Waals surface area contributed by atoms with E-state index in [1.807, 2.05) is 0 Å². The summed E-state index contributed by atoms with van der Waals surface area (Å²) in [6.07, 6.45) is 2.59. The zero-order valence-corrected chi connectivity index (χ0v) is 14.3. The Hall–Kier alpha value is -1.12. The highest BCUT2D eigenvalue weighted by Crippen LogP contribution is 2.20. The standard InChI is InChI=1S/C14H21F2N3O.HI/c1-2-3-9-18-14(17)19-10-8-11-6-4-5-7-12(11)20-13(15)16;/h4-7,13H,2-3,8-10H2,1H3,(H3,17,18,19);1H. The van der Waals surface area contributed by atoms with Crippen LogP contribution in [-0.2, 0) is 6.42 Å². The maximum absolute atomic E-state index is 12.2. The van der Waals surface area contributed by atoms with Crippen molar-refractivity contribution in [2.24, 2.45) is 10.7 Å². The number of hydrogen-bond acceptors (Lipinski definition) is 2. The van der Waals surface area contributed by atoms with E-state index in [9.17, 15) is 8.78 Å². The summed E-state index contributed by atoms with van der Waals surface area (Å²) in [5.41, 5.74) is 6.39. The monoisotopic (exact) mass is 413 g/mol. The van der Waals surface area contributed by atoms with Crippen molar-refractivity contribution in [3.05, 3.63) is 29.8 Å². The summed E-state index contributed by atoms with van der Waals surface area (Å²) >= 11 is 0. The molecule has 0 bridgehead atoms. The van der Waals surface area contributed by atoms with Gasteiger partial charge in [0.15, 0.2) is 5.96 Å². The van der Waals surface area contributed by atoms with Crippen molar-refractivity contribution in [2.45, 2.75) is 32.8 Å². The molecule has 0 heterocycles. The van der Waals surface area contributed by atoms with Gasteiger partial charge in [-0.15, -0.1) is 24.0 Å². The summed E-state index contributed by atoms with van der Waals surface area (Å²) in [6.45, 7) is 0.481. The van der Waals surface area contributed by atoms with Gasteiger partial charge in [-0.3, -0.25) is 4.99 Å². The van der Waals surface area contributed by atoms with Crippen LogP contribution in [0.5, 0.6) is 5.75 Å². The number of alkyl halides is 2. The number of unbranched alkanes of at least 4 members (excludes halogenated alkanes) is 1. The average molecular weight is 413 g/mol. The first kappa shape index (κ1) is 19.9. The van der Waals surface area contributed by atoms with Gasteiger partial charge < -0.3 is 15.8 Å². The quantitative estimate of drug-likeness (QED) is 0.298. The molecule has 0 aromatic heterocycles. The number of aliphatic imine (C=N–C) groups is 1. The van der Waals surface area contributed by atoms with Crippen LogP contribution >= 0.6 is 24.0 Å². The second kappa shape index (κ2) is 11.5. The summed E-state index contributed by atoms with van der Waals surface area (Å²) in [5.74, 6) is 0.580. The predicted molar refractivity (Wildman–Crippen MR) is 91.6 cm³/mol. The van der Waals surface area contributed by atoms with Crippen LogP contribution in [0.15, 0.2) is 29.3 Å². The number of ether oxygens (including phenoxy) is 1. The minimum atomic E-state index is -2.82. The van der Waals surface area contributed by atoms with Crippen molar-refractivity contribution >= 4 is 29.9 Å². The minimum absolute atomic E-state index is 0. The van der Waals surface area contributed by atoms with Gasteiger partial charge in [0.1, 0.15) is 5.75 Å². The minimum Gasteiger partial charge on any atom is -0.435 e. The van der Waals surface area contributed by atoms with Crippen LogP contribution in [0.4, 0.5) is 8.78 Å². The topological polar surface area (TPSA) is 59.6 Å². The highest BCUT2D eigenvalue weighted by Gasteiger charge is 2.08. The highest BCUT2D eigenvalue weighted by molar-refractivity contribution is 14.0. The van der Waals surface area contributed by atoms with E-state index in [0.717, 1.165) is 12.8 Å². The van der Waals surface area contributed by atoms with Crippen molar-refractivity contribution in [3.8, 4) is 5.75 Å². The van der Waals surface area contributed by atoms with Gasteiger partial charge in [-0.1, -0.05) is 31.5 Å². The first-order chi connectivity index (χ1) is 9.63. The largest absolute Gasteiger partial charge is 0.435 e. The fraction of sp³-hybridized carbons (Fsp3) is 0.500. The van der Waals surface area contributed by atoms with Crippen LogP contribution in [-0.4, -0.2) is 25.7 Å². The third-order valence-corrected chi connectivity index (χ3v) is 2.68. The molecule has 4 nitrogen and oxygen atoms in total. The molecule has 0 aliphatic heterocycles. The smallest absolute Gasteiger partial charge is 0.387 e. The van der Waals surface area contributed by atoms with Gasteiger partial charge in [-0.05, 0) is 24.5 Å². The van der Waals surface area contributed by atoms with Gasteiger partial charge in [0.25, 0.3) is 0 Å². The first-order valence-corrected chi connectivity index (χ1v) is 6.70. The fourth-order valence-corrected chi connectivity index (χ4v) is 1.66. The number of nitrogens with one attached hydrogen (secondary N) is 1. The van der Waals surface area contributed by atoms with E-state index in [1.54, 1.807) is 18.2 Å². The normalized spacial score (nSPS) is 11.1. The SMILES string of the molecule is CCCCN=C(N)NCCc1ccccc1OC(F)F.I. The molecule has 3 N–H and O–H groups in total. The molecule has 0 aliphatic carbocycles. The second-order valence-corrected chi connectivity index (χ2v) is 4.28. The van der Waals surface area contributed by atoms with Crippen LogP contribution in [0.25, 0.3) is 0 Å². The van der Waals surface area contributed by atoms with E-state index >= 15 is 0 Å². The molecule has 0 saturated carbocycles. The molecule has 7 heteroatoms. The third-order valence-electron chi connectivity index (χ3n) is 2.68. The number of hydrogen-bond donors (Lipinski definition) is 2. The zero-order valence-electron chi connectivity index (χ0n) is 12.0. The van der Waals surface area contributed by atoms with E-state index in [2.05, 4.69) is 22.0 Å². The number of guanidine groups is 1. The molecule has 0 aliphatic rings. The Bertz CT molecular complexity index is 430. The number of halogens is 3. The number of para-hydroxylation sites is 1. The molecule has 0 fully saturated rings. The Morgan fingerprint density at radius 2 is 2.10 bits per heavy atom. The lowest BCUT2D eigenvalue weighted by atomic mass is 10.1. The van der Waals surface area contributed by atoms with Crippen molar-refractivity contribution in [1.29, 1.82) is 0 Å². The van der Waals surface area contributed by atoms with Gasteiger partial charge in [0.2, 0.25) is 0 Å². The number of rotatable bonds is 8. The van der Waals surface area contributed by atoms with E-state index in [-0.39, 0.29) is 29.7 Å². The summed E-state index contributed by atoms with van der Waals surface area (Å²) in [6, 6.07) is 6.73. The number of nitrogens with zero attached hydrogens (tertiary/aromatic N) is 1. The lowest BCUT2D eigenvalue weighted by Crippen LogP contribution is -2.33. The number of benzene rings is 1. The molecule has 0 radical (unpaired) electrons. The Morgan fingerprint density at radius 1 is 1.38 bits per heavy atom. The maximum atomic E-state index is 12.2. The molecule has 0 amide bonds. The van der Waals surface area contributed by atoms with Gasteiger partial charge >= 0.3 is 6.61 Å². The molecule has 0 saturated heterocycles. The Labute approximate surface area is 141 Å². The Morgan fingerprint density at radius 3 is 2.76 bits per heavy atom. The molecule has 0 spiro atoms. The second-order valence-electron chi connectivity index (χ2n) is 4.28. The summed E-state index contributed by atoms with van der Waals surface area (Å²) < 4.78 is 29.0. The fourth-order valence-electron chi connectivity index (χ4n) is 1.66. The lowest BCUT2D eigenvalue weighted by molar-refractivity contribution is -0.0504. The number of nitrogens with two attached hydrogens (primary N) is 1.